The maximum Gasteiger partial charge on any atom is 0.0697 e. The predicted octanol–water partition coefficient (Wildman–Crippen LogP) is 2.80. The number of nitrogens with zero attached hydrogens (tertiary/aromatic N) is 1. The lowest BCUT2D eigenvalue weighted by Crippen LogP contribution is -2.49. The van der Waals surface area contributed by atoms with Crippen molar-refractivity contribution in [3.05, 3.63) is 0 Å². The molecule has 0 aromatic heterocycles. The quantitative estimate of drug-likeness (QED) is 0.857. The van der Waals surface area contributed by atoms with Crippen molar-refractivity contribution in [1.82, 2.24) is 10.2 Å². The lowest BCUT2D eigenvalue weighted by molar-refractivity contribution is -0.103. The number of piperidine rings is 1. The van der Waals surface area contributed by atoms with Crippen molar-refractivity contribution in [2.45, 2.75) is 69.9 Å². The van der Waals surface area contributed by atoms with E-state index in [2.05, 4.69) is 17.1 Å². The molecule has 3 fully saturated rings. The second kappa shape index (κ2) is 6.76. The highest BCUT2D eigenvalue weighted by Gasteiger charge is 2.41. The maximum atomic E-state index is 6.20. The molecule has 2 aliphatic heterocycles. The lowest BCUT2D eigenvalue weighted by atomic mass is 9.87. The van der Waals surface area contributed by atoms with Crippen molar-refractivity contribution in [2.24, 2.45) is 5.92 Å². The Morgan fingerprint density at radius 1 is 1.15 bits per heavy atom. The Morgan fingerprint density at radius 2 is 1.90 bits per heavy atom. The number of hydrogen-bond donors (Lipinski definition) is 1. The molecule has 2 heterocycles. The number of hydrogen-bond acceptors (Lipinski definition) is 3. The van der Waals surface area contributed by atoms with Gasteiger partial charge in [0.15, 0.2) is 0 Å². The van der Waals surface area contributed by atoms with Crippen LogP contribution < -0.4 is 5.32 Å². The minimum absolute atomic E-state index is 0.268. The van der Waals surface area contributed by atoms with Gasteiger partial charge in [-0.1, -0.05) is 19.8 Å². The van der Waals surface area contributed by atoms with Crippen molar-refractivity contribution in [2.75, 3.05) is 32.8 Å². The van der Waals surface area contributed by atoms with Crippen LogP contribution in [0.2, 0.25) is 0 Å². The van der Waals surface area contributed by atoms with E-state index in [1.54, 1.807) is 0 Å². The monoisotopic (exact) mass is 280 g/mol. The van der Waals surface area contributed by atoms with Gasteiger partial charge >= 0.3 is 0 Å². The Bertz CT molecular complexity index is 295. The topological polar surface area (TPSA) is 24.5 Å². The third-order valence-corrected chi connectivity index (χ3v) is 5.86. The molecule has 2 saturated heterocycles. The highest BCUT2D eigenvalue weighted by Crippen LogP contribution is 2.41. The predicted molar refractivity (Wildman–Crippen MR) is 83.0 cm³/mol. The highest BCUT2D eigenvalue weighted by molar-refractivity contribution is 4.94. The van der Waals surface area contributed by atoms with Gasteiger partial charge in [-0.25, -0.2) is 0 Å². The van der Waals surface area contributed by atoms with E-state index in [0.717, 1.165) is 18.6 Å². The smallest absolute Gasteiger partial charge is 0.0697 e. The van der Waals surface area contributed by atoms with Crippen LogP contribution in [0.3, 0.4) is 0 Å². The van der Waals surface area contributed by atoms with Gasteiger partial charge in [-0.2, -0.15) is 0 Å². The standard InChI is InChI=1S/C17H32N2O/c1-2-19(14-15-5-10-18-11-6-15)16-7-12-20-17(13-16)8-3-4-9-17/h15-16,18H,2-14H2,1H3. The molecule has 0 radical (unpaired) electrons. The minimum atomic E-state index is 0.268. The van der Waals surface area contributed by atoms with Gasteiger partial charge in [-0.15, -0.1) is 0 Å². The number of ether oxygens (including phenoxy) is 1. The molecule has 3 nitrogen and oxygen atoms in total. The first-order valence-corrected chi connectivity index (χ1v) is 8.90. The van der Waals surface area contributed by atoms with Crippen LogP contribution in [0.25, 0.3) is 0 Å². The van der Waals surface area contributed by atoms with Gasteiger partial charge in [0.2, 0.25) is 0 Å². The molecule has 0 bridgehead atoms. The molecule has 1 spiro atoms. The molecule has 1 saturated carbocycles. The molecule has 3 heteroatoms. The Labute approximate surface area is 124 Å². The molecule has 0 aromatic carbocycles. The van der Waals surface area contributed by atoms with Crippen LogP contribution >= 0.6 is 0 Å². The third kappa shape index (κ3) is 3.37. The fraction of sp³-hybridized carbons (Fsp3) is 1.00. The first-order valence-electron chi connectivity index (χ1n) is 8.90. The van der Waals surface area contributed by atoms with Gasteiger partial charge in [-0.05, 0) is 64.1 Å². The highest BCUT2D eigenvalue weighted by atomic mass is 16.5. The Balaban J connectivity index is 1.57. The molecule has 1 unspecified atom stereocenters. The fourth-order valence-corrected chi connectivity index (χ4v) is 4.61. The van der Waals surface area contributed by atoms with E-state index in [-0.39, 0.29) is 5.60 Å². The van der Waals surface area contributed by atoms with Crippen LogP contribution in [0.4, 0.5) is 0 Å². The van der Waals surface area contributed by atoms with Gasteiger partial charge in [0.1, 0.15) is 0 Å². The van der Waals surface area contributed by atoms with E-state index in [0.29, 0.717) is 0 Å². The van der Waals surface area contributed by atoms with Crippen molar-refractivity contribution in [3.63, 3.8) is 0 Å². The normalized spacial score (nSPS) is 31.2. The molecule has 1 aliphatic carbocycles. The molecule has 0 aromatic rings. The van der Waals surface area contributed by atoms with E-state index in [9.17, 15) is 0 Å². The molecule has 1 atom stereocenters. The zero-order valence-corrected chi connectivity index (χ0v) is 13.2. The van der Waals surface area contributed by atoms with Crippen LogP contribution in [0.1, 0.15) is 58.3 Å². The summed E-state index contributed by atoms with van der Waals surface area (Å²) >= 11 is 0. The van der Waals surface area contributed by atoms with Crippen LogP contribution in [0.15, 0.2) is 0 Å². The summed E-state index contributed by atoms with van der Waals surface area (Å²) in [6.07, 6.45) is 10.7. The van der Waals surface area contributed by atoms with E-state index in [1.165, 1.54) is 77.5 Å². The van der Waals surface area contributed by atoms with Crippen molar-refractivity contribution in [3.8, 4) is 0 Å². The Morgan fingerprint density at radius 3 is 2.60 bits per heavy atom. The SMILES string of the molecule is CCN(CC1CCNCC1)C1CCOC2(CCCC2)C1. The second-order valence-electron chi connectivity index (χ2n) is 7.17. The summed E-state index contributed by atoms with van der Waals surface area (Å²) in [5, 5.41) is 3.49. The van der Waals surface area contributed by atoms with E-state index in [1.807, 2.05) is 0 Å². The summed E-state index contributed by atoms with van der Waals surface area (Å²) < 4.78 is 6.20. The average molecular weight is 280 g/mol. The number of rotatable bonds is 4. The zero-order chi connectivity index (χ0) is 13.8. The molecule has 3 aliphatic rings. The van der Waals surface area contributed by atoms with Gasteiger partial charge in [0.05, 0.1) is 5.60 Å². The number of nitrogens with one attached hydrogen (secondary N) is 1. The van der Waals surface area contributed by atoms with Gasteiger partial charge in [0, 0.05) is 19.2 Å². The molecule has 1 N–H and O–H groups in total. The van der Waals surface area contributed by atoms with Gasteiger partial charge in [-0.3, -0.25) is 0 Å². The van der Waals surface area contributed by atoms with Crippen LogP contribution in [0, 0.1) is 5.92 Å². The van der Waals surface area contributed by atoms with Crippen molar-refractivity contribution in [1.29, 1.82) is 0 Å². The van der Waals surface area contributed by atoms with Crippen molar-refractivity contribution >= 4 is 0 Å². The van der Waals surface area contributed by atoms with Crippen LogP contribution in [-0.2, 0) is 4.74 Å². The third-order valence-electron chi connectivity index (χ3n) is 5.86. The fourth-order valence-electron chi connectivity index (χ4n) is 4.61. The largest absolute Gasteiger partial charge is 0.375 e. The summed E-state index contributed by atoms with van der Waals surface area (Å²) in [4.78, 5) is 2.78. The second-order valence-corrected chi connectivity index (χ2v) is 7.17. The minimum Gasteiger partial charge on any atom is -0.375 e. The van der Waals surface area contributed by atoms with E-state index >= 15 is 0 Å². The summed E-state index contributed by atoms with van der Waals surface area (Å²) in [5.41, 5.74) is 0.268. The van der Waals surface area contributed by atoms with Crippen molar-refractivity contribution < 1.29 is 4.74 Å². The first kappa shape index (κ1) is 14.8. The maximum absolute atomic E-state index is 6.20. The molecular formula is C17H32N2O. The molecular weight excluding hydrogens is 248 g/mol. The molecule has 3 rings (SSSR count). The molecule has 0 amide bonds. The average Bonchev–Trinajstić information content (AvgIpc) is 2.93. The Kier molecular flexibility index (Phi) is 5.00. The summed E-state index contributed by atoms with van der Waals surface area (Å²) in [6, 6.07) is 0.779. The van der Waals surface area contributed by atoms with E-state index < -0.39 is 0 Å². The lowest BCUT2D eigenvalue weighted by Gasteiger charge is -2.44. The van der Waals surface area contributed by atoms with Gasteiger partial charge in [0.25, 0.3) is 0 Å². The molecule has 116 valence electrons. The zero-order valence-electron chi connectivity index (χ0n) is 13.2. The Hall–Kier alpha value is -0.120. The first-order chi connectivity index (χ1) is 9.81. The van der Waals surface area contributed by atoms with Gasteiger partial charge < -0.3 is 15.0 Å². The summed E-state index contributed by atoms with van der Waals surface area (Å²) in [5.74, 6) is 0.915. The molecule has 20 heavy (non-hydrogen) atoms. The van der Waals surface area contributed by atoms with Crippen LogP contribution in [-0.4, -0.2) is 49.3 Å². The van der Waals surface area contributed by atoms with Crippen LogP contribution in [0.5, 0.6) is 0 Å². The van der Waals surface area contributed by atoms with E-state index in [4.69, 9.17) is 4.74 Å². The summed E-state index contributed by atoms with van der Waals surface area (Å²) in [6.45, 7) is 8.31. The summed E-state index contributed by atoms with van der Waals surface area (Å²) in [7, 11) is 0.